The van der Waals surface area contributed by atoms with E-state index in [9.17, 15) is 18.0 Å². The average molecular weight is 430 g/mol. The molecule has 1 amide bonds. The van der Waals surface area contributed by atoms with Crippen molar-refractivity contribution in [3.63, 3.8) is 0 Å². The second-order valence-corrected chi connectivity index (χ2v) is 7.02. The number of alkyl halides is 3. The Morgan fingerprint density at radius 2 is 1.93 bits per heavy atom. The lowest BCUT2D eigenvalue weighted by molar-refractivity contribution is -0.192. The van der Waals surface area contributed by atoms with Crippen molar-refractivity contribution in [3.05, 3.63) is 40.8 Å². The van der Waals surface area contributed by atoms with E-state index in [1.807, 2.05) is 27.8 Å². The van der Waals surface area contributed by atoms with Crippen molar-refractivity contribution in [1.29, 1.82) is 0 Å². The second kappa shape index (κ2) is 8.74. The van der Waals surface area contributed by atoms with E-state index in [0.29, 0.717) is 25.6 Å². The molecule has 0 aromatic carbocycles. The van der Waals surface area contributed by atoms with Crippen LogP contribution in [0.2, 0.25) is 0 Å². The van der Waals surface area contributed by atoms with Crippen LogP contribution in [0.4, 0.5) is 19.1 Å². The monoisotopic (exact) mass is 430 g/mol. The summed E-state index contributed by atoms with van der Waals surface area (Å²) in [5.41, 5.74) is 0.756. The minimum absolute atomic E-state index is 0.0279. The third-order valence-corrected chi connectivity index (χ3v) is 5.09. The molecule has 0 aliphatic carbocycles. The number of thiophene rings is 1. The number of carbonyl (C=O) groups is 2. The standard InChI is InChI=1S/C15H16N4O2S.C2HF3O2/c20-14(11-2-7-22-10-11)18-8-12-13(9-18)21-6-5-19(12)15-16-3-1-4-17-15;3-2(4,5)1(6)7/h1-4,7,10,12-13H,5-6,8-9H2;(H,6,7)/t12-,13+;/m1./s1. The number of aliphatic carboxylic acids is 1. The number of ether oxygens (including phenoxy) is 1. The first-order valence-electron chi connectivity index (χ1n) is 8.54. The molecule has 4 heterocycles. The van der Waals surface area contributed by atoms with Gasteiger partial charge in [0, 0.05) is 37.4 Å². The van der Waals surface area contributed by atoms with E-state index in [0.717, 1.165) is 12.1 Å². The van der Waals surface area contributed by atoms with E-state index >= 15 is 0 Å². The summed E-state index contributed by atoms with van der Waals surface area (Å²) < 4.78 is 37.6. The van der Waals surface area contributed by atoms with E-state index in [1.165, 1.54) is 0 Å². The highest BCUT2D eigenvalue weighted by atomic mass is 32.1. The number of carboxylic acids is 1. The summed E-state index contributed by atoms with van der Waals surface area (Å²) in [6.07, 6.45) is -1.56. The van der Waals surface area contributed by atoms with Crippen molar-refractivity contribution in [2.24, 2.45) is 0 Å². The number of nitrogens with zero attached hydrogens (tertiary/aromatic N) is 4. The molecule has 2 aliphatic heterocycles. The molecule has 4 rings (SSSR count). The normalized spacial score (nSPS) is 21.2. The third-order valence-electron chi connectivity index (χ3n) is 4.41. The summed E-state index contributed by atoms with van der Waals surface area (Å²) in [6, 6.07) is 3.80. The van der Waals surface area contributed by atoms with Crippen molar-refractivity contribution in [1.82, 2.24) is 14.9 Å². The van der Waals surface area contributed by atoms with Gasteiger partial charge in [-0.2, -0.15) is 24.5 Å². The van der Waals surface area contributed by atoms with Crippen LogP contribution in [0.3, 0.4) is 0 Å². The number of carbonyl (C=O) groups excluding carboxylic acids is 1. The molecule has 0 saturated carbocycles. The molecule has 0 unspecified atom stereocenters. The largest absolute Gasteiger partial charge is 0.490 e. The number of carboxylic acid groups (broad SMARTS) is 1. The molecule has 156 valence electrons. The SMILES string of the molecule is O=C(O)C(F)(F)F.O=C(c1ccsc1)N1C[C@@H]2OCCN(c3ncccn3)[C@@H]2C1. The molecule has 0 bridgehead atoms. The average Bonchev–Trinajstić information content (AvgIpc) is 3.37. The number of morpholine rings is 1. The molecule has 8 nitrogen and oxygen atoms in total. The van der Waals surface area contributed by atoms with Crippen LogP contribution in [0.5, 0.6) is 0 Å². The predicted octanol–water partition coefficient (Wildman–Crippen LogP) is 1.90. The highest BCUT2D eigenvalue weighted by molar-refractivity contribution is 7.08. The Hall–Kier alpha value is -2.73. The maximum atomic E-state index is 12.5. The van der Waals surface area contributed by atoms with Crippen LogP contribution in [0, 0.1) is 0 Å². The fourth-order valence-corrected chi connectivity index (χ4v) is 3.74. The predicted molar refractivity (Wildman–Crippen MR) is 96.8 cm³/mol. The van der Waals surface area contributed by atoms with Gasteiger partial charge < -0.3 is 19.6 Å². The minimum Gasteiger partial charge on any atom is -0.475 e. The van der Waals surface area contributed by atoms with Gasteiger partial charge in [0.25, 0.3) is 5.91 Å². The molecule has 2 aromatic heterocycles. The fourth-order valence-electron chi connectivity index (χ4n) is 3.11. The first kappa shape index (κ1) is 21.0. The Bertz CT molecular complexity index is 835. The molecule has 0 spiro atoms. The highest BCUT2D eigenvalue weighted by Crippen LogP contribution is 2.27. The number of anilines is 1. The summed E-state index contributed by atoms with van der Waals surface area (Å²) in [5, 5.41) is 10.9. The lowest BCUT2D eigenvalue weighted by Gasteiger charge is -2.36. The number of halogens is 3. The van der Waals surface area contributed by atoms with E-state index in [4.69, 9.17) is 14.6 Å². The van der Waals surface area contributed by atoms with Crippen molar-refractivity contribution >= 4 is 29.2 Å². The number of amides is 1. The molecule has 12 heteroatoms. The van der Waals surface area contributed by atoms with Gasteiger partial charge in [-0.3, -0.25) is 4.79 Å². The van der Waals surface area contributed by atoms with Crippen molar-refractivity contribution in [2.45, 2.75) is 18.3 Å². The maximum absolute atomic E-state index is 12.5. The maximum Gasteiger partial charge on any atom is 0.490 e. The van der Waals surface area contributed by atoms with Crippen LogP contribution in [0.15, 0.2) is 35.3 Å². The molecule has 2 fully saturated rings. The summed E-state index contributed by atoms with van der Waals surface area (Å²) in [6.45, 7) is 2.67. The Balaban J connectivity index is 0.000000298. The van der Waals surface area contributed by atoms with Gasteiger partial charge >= 0.3 is 12.1 Å². The Kier molecular flexibility index (Phi) is 6.33. The van der Waals surface area contributed by atoms with Crippen LogP contribution in [0.25, 0.3) is 0 Å². The molecular weight excluding hydrogens is 413 g/mol. The first-order chi connectivity index (χ1) is 13.8. The summed E-state index contributed by atoms with van der Waals surface area (Å²) in [4.78, 5) is 34.1. The molecular formula is C17H17F3N4O4S. The van der Waals surface area contributed by atoms with Crippen molar-refractivity contribution in [3.8, 4) is 0 Å². The van der Waals surface area contributed by atoms with Crippen LogP contribution in [-0.4, -0.2) is 76.4 Å². The van der Waals surface area contributed by atoms with Crippen LogP contribution >= 0.6 is 11.3 Å². The van der Waals surface area contributed by atoms with Crippen LogP contribution in [-0.2, 0) is 9.53 Å². The van der Waals surface area contributed by atoms with Gasteiger partial charge in [0.05, 0.1) is 24.3 Å². The van der Waals surface area contributed by atoms with E-state index < -0.39 is 12.1 Å². The van der Waals surface area contributed by atoms with Gasteiger partial charge in [0.15, 0.2) is 0 Å². The van der Waals surface area contributed by atoms with Gasteiger partial charge in [-0.1, -0.05) is 0 Å². The number of aromatic nitrogens is 2. The first-order valence-corrected chi connectivity index (χ1v) is 9.48. The number of likely N-dealkylation sites (tertiary alicyclic amines) is 1. The van der Waals surface area contributed by atoms with Crippen molar-refractivity contribution < 1.29 is 32.6 Å². The van der Waals surface area contributed by atoms with E-state index in [1.54, 1.807) is 23.7 Å². The van der Waals surface area contributed by atoms with Crippen molar-refractivity contribution in [2.75, 3.05) is 31.1 Å². The Morgan fingerprint density at radius 3 is 2.52 bits per heavy atom. The zero-order chi connectivity index (χ0) is 21.0. The third kappa shape index (κ3) is 5.01. The molecule has 1 N–H and O–H groups in total. The Labute approximate surface area is 167 Å². The lowest BCUT2D eigenvalue weighted by Crippen LogP contribution is -2.51. The quantitative estimate of drug-likeness (QED) is 0.778. The molecule has 2 saturated heterocycles. The number of fused-ring (bicyclic) bond motifs is 1. The second-order valence-electron chi connectivity index (χ2n) is 6.24. The van der Waals surface area contributed by atoms with E-state index in [-0.39, 0.29) is 18.1 Å². The molecule has 2 aromatic rings. The Morgan fingerprint density at radius 1 is 1.24 bits per heavy atom. The van der Waals surface area contributed by atoms with Crippen LogP contribution < -0.4 is 4.90 Å². The highest BCUT2D eigenvalue weighted by Gasteiger charge is 2.43. The lowest BCUT2D eigenvalue weighted by atomic mass is 10.1. The van der Waals surface area contributed by atoms with Gasteiger partial charge in [-0.25, -0.2) is 14.8 Å². The summed E-state index contributed by atoms with van der Waals surface area (Å²) >= 11 is 1.54. The van der Waals surface area contributed by atoms with Gasteiger partial charge in [0.1, 0.15) is 0 Å². The smallest absolute Gasteiger partial charge is 0.475 e. The topological polar surface area (TPSA) is 95.9 Å². The fraction of sp³-hybridized carbons (Fsp3) is 0.412. The molecule has 29 heavy (non-hydrogen) atoms. The summed E-state index contributed by atoms with van der Waals surface area (Å²) in [5.74, 6) is -1.97. The van der Waals surface area contributed by atoms with E-state index in [2.05, 4.69) is 14.9 Å². The minimum atomic E-state index is -5.08. The summed E-state index contributed by atoms with van der Waals surface area (Å²) in [7, 11) is 0. The molecule has 2 aliphatic rings. The van der Waals surface area contributed by atoms with Gasteiger partial charge in [-0.05, 0) is 17.5 Å². The molecule has 0 radical (unpaired) electrons. The number of hydrogen-bond donors (Lipinski definition) is 1. The number of hydrogen-bond acceptors (Lipinski definition) is 7. The van der Waals surface area contributed by atoms with Gasteiger partial charge in [-0.15, -0.1) is 0 Å². The zero-order valence-electron chi connectivity index (χ0n) is 15.0. The van der Waals surface area contributed by atoms with Gasteiger partial charge in [0.2, 0.25) is 5.95 Å². The van der Waals surface area contributed by atoms with Crippen LogP contribution in [0.1, 0.15) is 10.4 Å². The number of rotatable bonds is 2. The zero-order valence-corrected chi connectivity index (χ0v) is 15.8. The molecule has 2 atom stereocenters.